The van der Waals surface area contributed by atoms with E-state index in [0.717, 1.165) is 0 Å². The molecule has 2 N–H and O–H groups in total. The SMILES string of the molecule is COc1nccc(NC(=O)c2cc(NC(=O)[C@H]3[C@H](c4ccc(F)c(Cl)c4)C3(Cl)Cl)ccc2Cl)c1Cl. The van der Waals surface area contributed by atoms with Crippen LogP contribution in [0.4, 0.5) is 15.8 Å². The molecule has 0 radical (unpaired) electrons. The number of ether oxygens (including phenoxy) is 1. The normalized spacial score (nSPS) is 18.0. The first-order valence-electron chi connectivity index (χ1n) is 9.97. The number of halogens is 6. The number of carbonyl (C=O) groups excluding carboxylic acids is 2. The molecule has 1 heterocycles. The Kier molecular flexibility index (Phi) is 7.36. The van der Waals surface area contributed by atoms with E-state index < -0.39 is 33.8 Å². The van der Waals surface area contributed by atoms with E-state index in [0.29, 0.717) is 5.56 Å². The minimum absolute atomic E-state index is 0.0805. The van der Waals surface area contributed by atoms with E-state index in [-0.39, 0.29) is 37.9 Å². The maximum Gasteiger partial charge on any atom is 0.257 e. The van der Waals surface area contributed by atoms with E-state index >= 15 is 0 Å². The van der Waals surface area contributed by atoms with Crippen molar-refractivity contribution in [1.29, 1.82) is 0 Å². The molecule has 35 heavy (non-hydrogen) atoms. The van der Waals surface area contributed by atoms with Crippen molar-refractivity contribution >= 4 is 81.2 Å². The molecule has 6 nitrogen and oxygen atoms in total. The summed E-state index contributed by atoms with van der Waals surface area (Å²) in [5.41, 5.74) is 1.16. The molecule has 1 aliphatic rings. The van der Waals surface area contributed by atoms with Crippen LogP contribution < -0.4 is 15.4 Å². The van der Waals surface area contributed by atoms with Crippen LogP contribution in [0, 0.1) is 11.7 Å². The molecule has 0 saturated heterocycles. The second-order valence-electron chi connectivity index (χ2n) is 7.62. The quantitative estimate of drug-likeness (QED) is 0.310. The first-order chi connectivity index (χ1) is 16.5. The zero-order chi connectivity index (χ0) is 25.5. The number of anilines is 2. The number of alkyl halides is 2. The van der Waals surface area contributed by atoms with Gasteiger partial charge in [-0.15, -0.1) is 23.2 Å². The highest BCUT2D eigenvalue weighted by molar-refractivity contribution is 6.53. The number of nitrogens with zero attached hydrogens (tertiary/aromatic N) is 1. The summed E-state index contributed by atoms with van der Waals surface area (Å²) in [4.78, 5) is 29.7. The van der Waals surface area contributed by atoms with Crippen LogP contribution in [-0.2, 0) is 4.79 Å². The van der Waals surface area contributed by atoms with Gasteiger partial charge in [0.1, 0.15) is 15.2 Å². The Bertz CT molecular complexity index is 1340. The van der Waals surface area contributed by atoms with Crippen molar-refractivity contribution in [3.8, 4) is 5.88 Å². The first-order valence-corrected chi connectivity index (χ1v) is 11.9. The lowest BCUT2D eigenvalue weighted by molar-refractivity contribution is -0.117. The van der Waals surface area contributed by atoms with Gasteiger partial charge in [0.15, 0.2) is 0 Å². The zero-order valence-electron chi connectivity index (χ0n) is 17.7. The van der Waals surface area contributed by atoms with Crippen molar-refractivity contribution in [3.63, 3.8) is 0 Å². The summed E-state index contributed by atoms with van der Waals surface area (Å²) in [5.74, 6) is -2.94. The molecule has 0 aliphatic heterocycles. The van der Waals surface area contributed by atoms with Crippen LogP contribution in [0.2, 0.25) is 15.1 Å². The van der Waals surface area contributed by atoms with Gasteiger partial charge in [-0.3, -0.25) is 9.59 Å². The smallest absolute Gasteiger partial charge is 0.257 e. The summed E-state index contributed by atoms with van der Waals surface area (Å²) in [7, 11) is 1.40. The molecule has 4 rings (SSSR count). The van der Waals surface area contributed by atoms with Gasteiger partial charge in [0, 0.05) is 17.8 Å². The standard InChI is InChI=1S/C23H15Cl5FN3O3/c1-35-22-19(26)16(6-7-30-22)32-20(33)12-9-11(3-4-13(12)24)31-21(34)18-17(23(18,27)28)10-2-5-15(29)14(25)8-10/h2-9,17-18H,1H3,(H,31,34)(H,30,32,33)/t17-,18+/m0/s1. The third-order valence-corrected chi connectivity index (χ3v) is 7.34. The van der Waals surface area contributed by atoms with Crippen LogP contribution >= 0.6 is 58.0 Å². The predicted octanol–water partition coefficient (Wildman–Crippen LogP) is 6.97. The van der Waals surface area contributed by atoms with Gasteiger partial charge in [0.25, 0.3) is 5.91 Å². The van der Waals surface area contributed by atoms with Crippen molar-refractivity contribution in [1.82, 2.24) is 4.98 Å². The van der Waals surface area contributed by atoms with Crippen molar-refractivity contribution in [3.05, 3.63) is 80.7 Å². The molecular formula is C23H15Cl5FN3O3. The van der Waals surface area contributed by atoms with Crippen LogP contribution in [0.15, 0.2) is 48.7 Å². The minimum atomic E-state index is -1.41. The number of pyridine rings is 1. The van der Waals surface area contributed by atoms with Crippen molar-refractivity contribution in [2.45, 2.75) is 10.3 Å². The molecule has 3 aromatic rings. The van der Waals surface area contributed by atoms with E-state index in [2.05, 4.69) is 15.6 Å². The molecule has 182 valence electrons. The third kappa shape index (κ3) is 5.15. The molecule has 1 aromatic heterocycles. The van der Waals surface area contributed by atoms with Gasteiger partial charge in [0.2, 0.25) is 11.8 Å². The average Bonchev–Trinajstić information content (AvgIpc) is 3.40. The summed E-state index contributed by atoms with van der Waals surface area (Å²) in [6, 6.07) is 9.93. The molecular weight excluding hydrogens is 563 g/mol. The van der Waals surface area contributed by atoms with Gasteiger partial charge < -0.3 is 15.4 Å². The van der Waals surface area contributed by atoms with E-state index in [9.17, 15) is 14.0 Å². The Morgan fingerprint density at radius 3 is 2.46 bits per heavy atom. The van der Waals surface area contributed by atoms with Crippen LogP contribution in [0.25, 0.3) is 0 Å². The molecule has 0 spiro atoms. The van der Waals surface area contributed by atoms with Crippen molar-refractivity contribution in [2.24, 2.45) is 5.92 Å². The van der Waals surface area contributed by atoms with Crippen LogP contribution in [-0.4, -0.2) is 28.2 Å². The number of nitrogens with one attached hydrogen (secondary N) is 2. The topological polar surface area (TPSA) is 80.3 Å². The molecule has 12 heteroatoms. The summed E-state index contributed by atoms with van der Waals surface area (Å²) >= 11 is 31.0. The van der Waals surface area contributed by atoms with E-state index in [1.165, 1.54) is 55.8 Å². The monoisotopic (exact) mass is 575 g/mol. The largest absolute Gasteiger partial charge is 0.480 e. The molecule has 2 atom stereocenters. The van der Waals surface area contributed by atoms with Crippen LogP contribution in [0.1, 0.15) is 21.8 Å². The number of rotatable bonds is 6. The van der Waals surface area contributed by atoms with E-state index in [1.807, 2.05) is 0 Å². The minimum Gasteiger partial charge on any atom is -0.480 e. The fourth-order valence-electron chi connectivity index (χ4n) is 3.62. The molecule has 2 amide bonds. The fourth-order valence-corrected chi connectivity index (χ4v) is 5.08. The number of aromatic nitrogens is 1. The fraction of sp³-hybridized carbons (Fsp3) is 0.174. The number of benzene rings is 2. The Morgan fingerprint density at radius 1 is 1.03 bits per heavy atom. The maximum atomic E-state index is 13.5. The lowest BCUT2D eigenvalue weighted by Crippen LogP contribution is -2.18. The summed E-state index contributed by atoms with van der Waals surface area (Å²) < 4.78 is 17.1. The van der Waals surface area contributed by atoms with Crippen molar-refractivity contribution < 1.29 is 18.7 Å². The highest BCUT2D eigenvalue weighted by Gasteiger charge is 2.67. The zero-order valence-corrected chi connectivity index (χ0v) is 21.5. The van der Waals surface area contributed by atoms with Gasteiger partial charge in [-0.1, -0.05) is 40.9 Å². The second kappa shape index (κ2) is 9.99. The Balaban J connectivity index is 1.51. The van der Waals surface area contributed by atoms with Crippen LogP contribution in [0.5, 0.6) is 5.88 Å². The number of hydrogen-bond donors (Lipinski definition) is 2. The maximum absolute atomic E-state index is 13.5. The van der Waals surface area contributed by atoms with Crippen LogP contribution in [0.3, 0.4) is 0 Å². The molecule has 0 unspecified atom stereocenters. The predicted molar refractivity (Wildman–Crippen MR) is 136 cm³/mol. The lowest BCUT2D eigenvalue weighted by atomic mass is 10.1. The summed E-state index contributed by atoms with van der Waals surface area (Å²) in [6.45, 7) is 0. The molecule has 0 bridgehead atoms. The summed E-state index contributed by atoms with van der Waals surface area (Å²) in [6.07, 6.45) is 1.42. The second-order valence-corrected chi connectivity index (χ2v) is 10.3. The number of amides is 2. The van der Waals surface area contributed by atoms with E-state index in [1.54, 1.807) is 0 Å². The van der Waals surface area contributed by atoms with E-state index in [4.69, 9.17) is 62.7 Å². The number of carbonyl (C=O) groups is 2. The third-order valence-electron chi connectivity index (χ3n) is 5.42. The van der Waals surface area contributed by atoms with Gasteiger partial charge in [-0.2, -0.15) is 0 Å². The van der Waals surface area contributed by atoms with Gasteiger partial charge in [-0.05, 0) is 42.0 Å². The Hall–Kier alpha value is -2.29. The molecule has 1 saturated carbocycles. The Morgan fingerprint density at radius 2 is 1.77 bits per heavy atom. The van der Waals surface area contributed by atoms with Gasteiger partial charge in [0.05, 0.1) is 34.3 Å². The highest BCUT2D eigenvalue weighted by atomic mass is 35.5. The van der Waals surface area contributed by atoms with Gasteiger partial charge in [-0.25, -0.2) is 9.37 Å². The molecule has 1 aliphatic carbocycles. The number of hydrogen-bond acceptors (Lipinski definition) is 4. The average molecular weight is 578 g/mol. The number of methoxy groups -OCH3 is 1. The highest BCUT2D eigenvalue weighted by Crippen LogP contribution is 2.65. The first kappa shape index (κ1) is 25.8. The Labute approximate surface area is 224 Å². The summed E-state index contributed by atoms with van der Waals surface area (Å²) in [5, 5.41) is 5.49. The van der Waals surface area contributed by atoms with Gasteiger partial charge >= 0.3 is 0 Å². The molecule has 2 aromatic carbocycles. The molecule has 1 fully saturated rings. The van der Waals surface area contributed by atoms with Crippen molar-refractivity contribution in [2.75, 3.05) is 17.7 Å². The lowest BCUT2D eigenvalue weighted by Gasteiger charge is -2.12.